The zero-order chi connectivity index (χ0) is 13.7. The van der Waals surface area contributed by atoms with E-state index in [4.69, 9.17) is 11.6 Å². The number of aliphatic hydroxyl groups is 1. The lowest BCUT2D eigenvalue weighted by Crippen LogP contribution is -2.45. The summed E-state index contributed by atoms with van der Waals surface area (Å²) < 4.78 is 0. The van der Waals surface area contributed by atoms with Crippen LogP contribution in [0.1, 0.15) is 43.0 Å². The molecular formula is C15H20ClNO2. The van der Waals surface area contributed by atoms with Crippen molar-refractivity contribution in [1.29, 1.82) is 0 Å². The first kappa shape index (κ1) is 14.4. The minimum absolute atomic E-state index is 0.244. The van der Waals surface area contributed by atoms with E-state index in [2.05, 4.69) is 5.32 Å². The highest BCUT2D eigenvalue weighted by Crippen LogP contribution is 2.27. The van der Waals surface area contributed by atoms with Gasteiger partial charge in [0.15, 0.2) is 0 Å². The molecule has 1 saturated carbocycles. The Bertz CT molecular complexity index is 415. The molecule has 104 valence electrons. The highest BCUT2D eigenvalue weighted by Gasteiger charge is 2.30. The van der Waals surface area contributed by atoms with Gasteiger partial charge in [-0.15, -0.1) is 11.6 Å². The molecule has 1 aromatic rings. The second-order valence-electron chi connectivity index (χ2n) is 5.28. The number of hydrogen-bond acceptors (Lipinski definition) is 2. The molecule has 0 radical (unpaired) electrons. The van der Waals surface area contributed by atoms with Crippen LogP contribution in [0.4, 0.5) is 0 Å². The predicted octanol–water partition coefficient (Wildman–Crippen LogP) is 2.78. The van der Waals surface area contributed by atoms with Crippen LogP contribution in [0.2, 0.25) is 0 Å². The van der Waals surface area contributed by atoms with Crippen LogP contribution in [0, 0.1) is 0 Å². The van der Waals surface area contributed by atoms with E-state index >= 15 is 0 Å². The molecule has 1 fully saturated rings. The fraction of sp³-hybridized carbons (Fsp3) is 0.533. The number of carbonyl (C=O) groups excluding carboxylic acids is 1. The molecule has 1 amide bonds. The second-order valence-corrected chi connectivity index (χ2v) is 5.71. The molecule has 1 aliphatic carbocycles. The zero-order valence-corrected chi connectivity index (χ0v) is 11.7. The van der Waals surface area contributed by atoms with Gasteiger partial charge in [-0.3, -0.25) is 4.79 Å². The van der Waals surface area contributed by atoms with Gasteiger partial charge in [0.2, 0.25) is 5.91 Å². The van der Waals surface area contributed by atoms with E-state index in [1.54, 1.807) is 0 Å². The molecular weight excluding hydrogens is 262 g/mol. The van der Waals surface area contributed by atoms with Crippen LogP contribution in [0.25, 0.3) is 0 Å². The molecule has 2 rings (SSSR count). The summed E-state index contributed by atoms with van der Waals surface area (Å²) in [4.78, 5) is 12.0. The van der Waals surface area contributed by atoms with E-state index < -0.39 is 11.0 Å². The van der Waals surface area contributed by atoms with E-state index in [1.807, 2.05) is 30.3 Å². The number of rotatable bonds is 4. The molecule has 1 aliphatic rings. The summed E-state index contributed by atoms with van der Waals surface area (Å²) in [6.07, 6.45) is 4.72. The van der Waals surface area contributed by atoms with E-state index in [1.165, 1.54) is 6.42 Å². The fourth-order valence-electron chi connectivity index (χ4n) is 2.50. The number of hydrogen-bond donors (Lipinski definition) is 2. The molecule has 1 aromatic carbocycles. The molecule has 1 atom stereocenters. The van der Waals surface area contributed by atoms with E-state index in [-0.39, 0.29) is 5.91 Å². The third-order valence-corrected chi connectivity index (χ3v) is 4.15. The standard InChI is InChI=1S/C15H20ClNO2/c16-13(12-7-3-1-4-8-12)14(18)17-11-15(19)9-5-2-6-10-15/h1,3-4,7-8,13,19H,2,5-6,9-11H2,(H,17,18). The van der Waals surface area contributed by atoms with E-state index in [0.717, 1.165) is 31.2 Å². The Labute approximate surface area is 119 Å². The summed E-state index contributed by atoms with van der Waals surface area (Å²) in [6, 6.07) is 9.24. The highest BCUT2D eigenvalue weighted by atomic mass is 35.5. The molecule has 19 heavy (non-hydrogen) atoms. The Hall–Kier alpha value is -1.06. The summed E-state index contributed by atoms with van der Waals surface area (Å²) in [5.74, 6) is -0.244. The number of carbonyl (C=O) groups is 1. The van der Waals surface area contributed by atoms with Crippen LogP contribution in [0.5, 0.6) is 0 Å². The summed E-state index contributed by atoms with van der Waals surface area (Å²) in [7, 11) is 0. The quantitative estimate of drug-likeness (QED) is 0.834. The van der Waals surface area contributed by atoms with Gasteiger partial charge in [0, 0.05) is 6.54 Å². The average Bonchev–Trinajstić information content (AvgIpc) is 2.46. The van der Waals surface area contributed by atoms with Crippen molar-refractivity contribution >= 4 is 17.5 Å². The molecule has 0 aliphatic heterocycles. The summed E-state index contributed by atoms with van der Waals surface area (Å²) >= 11 is 6.13. The maximum Gasteiger partial charge on any atom is 0.242 e. The highest BCUT2D eigenvalue weighted by molar-refractivity contribution is 6.30. The summed E-state index contributed by atoms with van der Waals surface area (Å²) in [5.41, 5.74) is 0.0265. The fourth-order valence-corrected chi connectivity index (χ4v) is 2.72. The van der Waals surface area contributed by atoms with Crippen LogP contribution in [-0.4, -0.2) is 23.2 Å². The number of amides is 1. The van der Waals surface area contributed by atoms with Gasteiger partial charge in [0.05, 0.1) is 5.60 Å². The van der Waals surface area contributed by atoms with Crippen LogP contribution in [0.15, 0.2) is 30.3 Å². The summed E-state index contributed by atoms with van der Waals surface area (Å²) in [5, 5.41) is 12.4. The van der Waals surface area contributed by atoms with Gasteiger partial charge >= 0.3 is 0 Å². The van der Waals surface area contributed by atoms with Crippen LogP contribution in [-0.2, 0) is 4.79 Å². The summed E-state index contributed by atoms with van der Waals surface area (Å²) in [6.45, 7) is 0.294. The third kappa shape index (κ3) is 3.95. The SMILES string of the molecule is O=C(NCC1(O)CCCCC1)C(Cl)c1ccccc1. The lowest BCUT2D eigenvalue weighted by Gasteiger charge is -2.32. The normalized spacial score (nSPS) is 19.7. The monoisotopic (exact) mass is 281 g/mol. The molecule has 0 aromatic heterocycles. The molecule has 1 unspecified atom stereocenters. The average molecular weight is 282 g/mol. The number of halogens is 1. The first-order chi connectivity index (χ1) is 9.11. The Morgan fingerprint density at radius 3 is 2.53 bits per heavy atom. The van der Waals surface area contributed by atoms with Crippen molar-refractivity contribution in [2.75, 3.05) is 6.54 Å². The van der Waals surface area contributed by atoms with Gasteiger partial charge in [0.1, 0.15) is 5.38 Å². The predicted molar refractivity (Wildman–Crippen MR) is 76.1 cm³/mol. The van der Waals surface area contributed by atoms with Crippen molar-refractivity contribution < 1.29 is 9.90 Å². The topological polar surface area (TPSA) is 49.3 Å². The van der Waals surface area contributed by atoms with Crippen LogP contribution in [0.3, 0.4) is 0 Å². The molecule has 0 spiro atoms. The minimum Gasteiger partial charge on any atom is -0.388 e. The minimum atomic E-state index is -0.749. The lowest BCUT2D eigenvalue weighted by atomic mass is 9.85. The van der Waals surface area contributed by atoms with Gasteiger partial charge < -0.3 is 10.4 Å². The largest absolute Gasteiger partial charge is 0.388 e. The molecule has 0 saturated heterocycles. The lowest BCUT2D eigenvalue weighted by molar-refractivity contribution is -0.122. The van der Waals surface area contributed by atoms with E-state index in [0.29, 0.717) is 6.54 Å². The van der Waals surface area contributed by atoms with Crippen molar-refractivity contribution in [2.24, 2.45) is 0 Å². The molecule has 2 N–H and O–H groups in total. The Morgan fingerprint density at radius 2 is 1.89 bits per heavy atom. The Morgan fingerprint density at radius 1 is 1.26 bits per heavy atom. The molecule has 0 heterocycles. The second kappa shape index (κ2) is 6.40. The maximum atomic E-state index is 12.0. The smallest absolute Gasteiger partial charge is 0.242 e. The van der Waals surface area contributed by atoms with Crippen molar-refractivity contribution in [3.05, 3.63) is 35.9 Å². The maximum absolute atomic E-state index is 12.0. The number of benzene rings is 1. The molecule has 3 nitrogen and oxygen atoms in total. The zero-order valence-electron chi connectivity index (χ0n) is 10.9. The van der Waals surface area contributed by atoms with Crippen molar-refractivity contribution in [3.8, 4) is 0 Å². The van der Waals surface area contributed by atoms with Gasteiger partial charge in [-0.1, -0.05) is 49.6 Å². The van der Waals surface area contributed by atoms with Crippen LogP contribution >= 0.6 is 11.6 Å². The molecule has 0 bridgehead atoms. The number of nitrogens with one attached hydrogen (secondary N) is 1. The van der Waals surface area contributed by atoms with Crippen molar-refractivity contribution in [1.82, 2.24) is 5.32 Å². The van der Waals surface area contributed by atoms with E-state index in [9.17, 15) is 9.90 Å². The van der Waals surface area contributed by atoms with Crippen LogP contribution < -0.4 is 5.32 Å². The van der Waals surface area contributed by atoms with Gasteiger partial charge in [0.25, 0.3) is 0 Å². The Kier molecular flexibility index (Phi) is 4.83. The number of alkyl halides is 1. The van der Waals surface area contributed by atoms with Crippen molar-refractivity contribution in [2.45, 2.75) is 43.1 Å². The molecule has 4 heteroatoms. The van der Waals surface area contributed by atoms with Gasteiger partial charge in [-0.2, -0.15) is 0 Å². The third-order valence-electron chi connectivity index (χ3n) is 3.70. The van der Waals surface area contributed by atoms with Gasteiger partial charge in [-0.25, -0.2) is 0 Å². The Balaban J connectivity index is 1.87. The van der Waals surface area contributed by atoms with Crippen molar-refractivity contribution in [3.63, 3.8) is 0 Å². The first-order valence-electron chi connectivity index (χ1n) is 6.80. The first-order valence-corrected chi connectivity index (χ1v) is 7.23. The van der Waals surface area contributed by atoms with Gasteiger partial charge in [-0.05, 0) is 18.4 Å².